The largest absolute Gasteiger partial charge is 0.423 e. The fourth-order valence-electron chi connectivity index (χ4n) is 3.56. The second-order valence-corrected chi connectivity index (χ2v) is 7.48. The van der Waals surface area contributed by atoms with Crippen molar-refractivity contribution in [3.8, 4) is 11.1 Å². The van der Waals surface area contributed by atoms with Crippen molar-refractivity contribution in [2.24, 2.45) is 0 Å². The Hall–Kier alpha value is -4.38. The van der Waals surface area contributed by atoms with Gasteiger partial charge in [-0.1, -0.05) is 72.8 Å². The van der Waals surface area contributed by atoms with Crippen LogP contribution >= 0.6 is 0 Å². The van der Waals surface area contributed by atoms with Crippen LogP contribution < -0.4 is 10.6 Å². The fourth-order valence-corrected chi connectivity index (χ4v) is 3.56. The molecule has 1 aromatic heterocycles. The van der Waals surface area contributed by atoms with Crippen LogP contribution in [0.4, 0.5) is 17.4 Å². The van der Waals surface area contributed by atoms with Gasteiger partial charge in [-0.3, -0.25) is 4.79 Å². The zero-order valence-electron chi connectivity index (χ0n) is 17.3. The summed E-state index contributed by atoms with van der Waals surface area (Å²) in [6.07, 6.45) is 0.303. The molecule has 0 unspecified atom stereocenters. The molecule has 5 aromatic rings. The van der Waals surface area contributed by atoms with Crippen LogP contribution in [-0.4, -0.2) is 10.9 Å². The molecule has 1 heterocycles. The first kappa shape index (κ1) is 19.6. The van der Waals surface area contributed by atoms with Gasteiger partial charge in [-0.05, 0) is 47.0 Å². The summed E-state index contributed by atoms with van der Waals surface area (Å²) in [6, 6.07) is 33.7. The van der Waals surface area contributed by atoms with Crippen LogP contribution in [0, 0.1) is 0 Å². The van der Waals surface area contributed by atoms with E-state index >= 15 is 0 Å². The van der Waals surface area contributed by atoms with Gasteiger partial charge in [-0.15, -0.1) is 0 Å². The molecule has 0 bridgehead atoms. The van der Waals surface area contributed by atoms with Gasteiger partial charge in [-0.25, -0.2) is 0 Å². The molecule has 156 valence electrons. The predicted molar refractivity (Wildman–Crippen MR) is 128 cm³/mol. The van der Waals surface area contributed by atoms with Gasteiger partial charge >= 0.3 is 0 Å². The highest BCUT2D eigenvalue weighted by atomic mass is 16.4. The summed E-state index contributed by atoms with van der Waals surface area (Å²) < 4.78 is 5.70. The summed E-state index contributed by atoms with van der Waals surface area (Å²) >= 11 is 0. The number of carbonyl (C=O) groups is 1. The fraction of sp³-hybridized carbons (Fsp3) is 0.0370. The maximum absolute atomic E-state index is 12.6. The molecule has 0 saturated heterocycles. The Bertz CT molecular complexity index is 1330. The van der Waals surface area contributed by atoms with Gasteiger partial charge in [0, 0.05) is 11.4 Å². The minimum absolute atomic E-state index is 0.0727. The van der Waals surface area contributed by atoms with Crippen molar-refractivity contribution in [1.82, 2.24) is 4.98 Å². The lowest BCUT2D eigenvalue weighted by Crippen LogP contribution is -2.14. The van der Waals surface area contributed by atoms with Crippen molar-refractivity contribution in [3.63, 3.8) is 0 Å². The van der Waals surface area contributed by atoms with E-state index in [1.807, 2.05) is 91.0 Å². The van der Waals surface area contributed by atoms with Gasteiger partial charge in [0.1, 0.15) is 5.52 Å². The van der Waals surface area contributed by atoms with Gasteiger partial charge in [-0.2, -0.15) is 4.98 Å². The molecule has 32 heavy (non-hydrogen) atoms. The molecule has 2 N–H and O–H groups in total. The quantitative estimate of drug-likeness (QED) is 0.333. The van der Waals surface area contributed by atoms with E-state index in [-0.39, 0.29) is 5.91 Å². The second-order valence-electron chi connectivity index (χ2n) is 7.48. The summed E-state index contributed by atoms with van der Waals surface area (Å²) in [5.74, 6) is -0.0727. The van der Waals surface area contributed by atoms with Crippen molar-refractivity contribution in [2.45, 2.75) is 6.42 Å². The lowest BCUT2D eigenvalue weighted by Gasteiger charge is -2.08. The Labute approximate surface area is 185 Å². The number of oxazole rings is 1. The summed E-state index contributed by atoms with van der Waals surface area (Å²) in [5.41, 5.74) is 6.25. The topological polar surface area (TPSA) is 67.2 Å². The predicted octanol–water partition coefficient (Wildman–Crippen LogP) is 6.42. The molecular formula is C27H21N3O2. The standard InChI is InChI=1S/C27H21N3O2/c31-26(17-19-13-15-21(16-14-19)20-7-2-1-3-8-20)28-22-9-6-10-23(18-22)29-27-30-24-11-4-5-12-25(24)32-27/h1-16,18H,17H2,(H,28,31)(H,29,30). The molecule has 4 aromatic carbocycles. The van der Waals surface area contributed by atoms with Crippen molar-refractivity contribution in [3.05, 3.63) is 109 Å². The Morgan fingerprint density at radius 1 is 0.750 bits per heavy atom. The number of rotatable bonds is 6. The normalized spacial score (nSPS) is 10.8. The van der Waals surface area contributed by atoms with Crippen LogP contribution in [0.15, 0.2) is 108 Å². The number of hydrogen-bond donors (Lipinski definition) is 2. The van der Waals surface area contributed by atoms with Crippen LogP contribution in [-0.2, 0) is 11.2 Å². The highest BCUT2D eigenvalue weighted by Gasteiger charge is 2.08. The van der Waals surface area contributed by atoms with Gasteiger partial charge < -0.3 is 15.1 Å². The summed E-state index contributed by atoms with van der Waals surface area (Å²) in [4.78, 5) is 17.0. The number of fused-ring (bicyclic) bond motifs is 1. The third kappa shape index (κ3) is 4.52. The number of nitrogens with zero attached hydrogens (tertiary/aromatic N) is 1. The number of carbonyl (C=O) groups excluding carboxylic acids is 1. The van der Waals surface area contributed by atoms with Gasteiger partial charge in [0.2, 0.25) is 5.91 Å². The maximum Gasteiger partial charge on any atom is 0.300 e. The van der Waals surface area contributed by atoms with Crippen LogP contribution in [0.2, 0.25) is 0 Å². The first-order valence-corrected chi connectivity index (χ1v) is 10.4. The van der Waals surface area contributed by atoms with Gasteiger partial charge in [0.05, 0.1) is 6.42 Å². The van der Waals surface area contributed by atoms with E-state index in [1.165, 1.54) is 0 Å². The molecule has 5 rings (SSSR count). The molecule has 0 saturated carbocycles. The molecule has 0 aliphatic heterocycles. The van der Waals surface area contributed by atoms with Crippen molar-refractivity contribution >= 4 is 34.4 Å². The zero-order chi connectivity index (χ0) is 21.8. The molecule has 5 nitrogen and oxygen atoms in total. The van der Waals surface area contributed by atoms with E-state index in [0.717, 1.165) is 33.5 Å². The first-order chi connectivity index (χ1) is 15.7. The summed E-state index contributed by atoms with van der Waals surface area (Å²) in [6.45, 7) is 0. The average molecular weight is 419 g/mol. The van der Waals surface area contributed by atoms with E-state index in [1.54, 1.807) is 0 Å². The van der Waals surface area contributed by atoms with Crippen LogP contribution in [0.1, 0.15) is 5.56 Å². The third-order valence-corrected chi connectivity index (χ3v) is 5.12. The Morgan fingerprint density at radius 3 is 2.28 bits per heavy atom. The second kappa shape index (κ2) is 8.78. The SMILES string of the molecule is O=C(Cc1ccc(-c2ccccc2)cc1)Nc1cccc(Nc2nc3ccccc3o2)c1. The van der Waals surface area contributed by atoms with E-state index in [0.29, 0.717) is 18.1 Å². The van der Waals surface area contributed by atoms with Crippen molar-refractivity contribution in [1.29, 1.82) is 0 Å². The van der Waals surface area contributed by atoms with Gasteiger partial charge in [0.25, 0.3) is 6.01 Å². The average Bonchev–Trinajstić information content (AvgIpc) is 3.22. The van der Waals surface area contributed by atoms with E-state index in [9.17, 15) is 4.79 Å². The van der Waals surface area contributed by atoms with Crippen molar-refractivity contribution < 1.29 is 9.21 Å². The number of hydrogen-bond acceptors (Lipinski definition) is 4. The highest BCUT2D eigenvalue weighted by molar-refractivity contribution is 5.93. The molecule has 0 radical (unpaired) electrons. The molecular weight excluding hydrogens is 398 g/mol. The Balaban J connectivity index is 1.23. The first-order valence-electron chi connectivity index (χ1n) is 10.4. The smallest absolute Gasteiger partial charge is 0.300 e. The number of nitrogens with one attached hydrogen (secondary N) is 2. The van der Waals surface area contributed by atoms with E-state index < -0.39 is 0 Å². The van der Waals surface area contributed by atoms with Crippen LogP contribution in [0.3, 0.4) is 0 Å². The minimum atomic E-state index is -0.0727. The van der Waals surface area contributed by atoms with E-state index in [4.69, 9.17) is 4.42 Å². The Kier molecular flexibility index (Phi) is 5.37. The number of para-hydroxylation sites is 2. The monoisotopic (exact) mass is 419 g/mol. The maximum atomic E-state index is 12.6. The Morgan fingerprint density at radius 2 is 1.47 bits per heavy atom. The summed E-state index contributed by atoms with van der Waals surface area (Å²) in [5, 5.41) is 6.11. The number of benzene rings is 4. The highest BCUT2D eigenvalue weighted by Crippen LogP contribution is 2.24. The van der Waals surface area contributed by atoms with E-state index in [2.05, 4.69) is 27.8 Å². The van der Waals surface area contributed by atoms with Crippen LogP contribution in [0.25, 0.3) is 22.2 Å². The third-order valence-electron chi connectivity index (χ3n) is 5.12. The van der Waals surface area contributed by atoms with Crippen molar-refractivity contribution in [2.75, 3.05) is 10.6 Å². The summed E-state index contributed by atoms with van der Waals surface area (Å²) in [7, 11) is 0. The molecule has 0 aliphatic rings. The minimum Gasteiger partial charge on any atom is -0.423 e. The molecule has 5 heteroatoms. The number of anilines is 3. The van der Waals surface area contributed by atoms with Crippen LogP contribution in [0.5, 0.6) is 0 Å². The lowest BCUT2D eigenvalue weighted by atomic mass is 10.0. The molecule has 0 spiro atoms. The molecule has 1 amide bonds. The molecule has 0 atom stereocenters. The lowest BCUT2D eigenvalue weighted by molar-refractivity contribution is -0.115. The zero-order valence-corrected chi connectivity index (χ0v) is 17.3. The molecule has 0 fully saturated rings. The van der Waals surface area contributed by atoms with Gasteiger partial charge in [0.15, 0.2) is 5.58 Å². The number of amides is 1. The molecule has 0 aliphatic carbocycles. The number of aromatic nitrogens is 1.